The van der Waals surface area contributed by atoms with Gasteiger partial charge in [-0.15, -0.1) is 11.3 Å². The molecule has 1 aromatic carbocycles. The molecular formula is C29H34ClN5O2S. The van der Waals surface area contributed by atoms with Gasteiger partial charge >= 0.3 is 0 Å². The zero-order chi connectivity index (χ0) is 26.7. The number of hydrogen-bond acceptors (Lipinski definition) is 7. The molecular weight excluding hydrogens is 518 g/mol. The summed E-state index contributed by atoms with van der Waals surface area (Å²) in [4.78, 5) is 13.9. The van der Waals surface area contributed by atoms with E-state index in [0.29, 0.717) is 17.2 Å². The van der Waals surface area contributed by atoms with E-state index in [1.165, 1.54) is 25.8 Å². The molecule has 0 bridgehead atoms. The predicted molar refractivity (Wildman–Crippen MR) is 153 cm³/mol. The van der Waals surface area contributed by atoms with Crippen LogP contribution < -0.4 is 5.32 Å². The Kier molecular flexibility index (Phi) is 8.26. The van der Waals surface area contributed by atoms with Gasteiger partial charge < -0.3 is 20.1 Å². The van der Waals surface area contributed by atoms with Crippen molar-refractivity contribution in [1.29, 1.82) is 0 Å². The van der Waals surface area contributed by atoms with Gasteiger partial charge in [-0.3, -0.25) is 0 Å². The molecule has 2 atom stereocenters. The van der Waals surface area contributed by atoms with Crippen LogP contribution in [0.4, 0.5) is 0 Å². The number of aromatic nitrogens is 4. The van der Waals surface area contributed by atoms with Gasteiger partial charge in [-0.2, -0.15) is 4.98 Å². The van der Waals surface area contributed by atoms with E-state index in [-0.39, 0.29) is 0 Å². The Morgan fingerprint density at radius 2 is 1.95 bits per heavy atom. The van der Waals surface area contributed by atoms with E-state index in [0.717, 1.165) is 66.1 Å². The molecule has 0 amide bonds. The summed E-state index contributed by atoms with van der Waals surface area (Å²) < 4.78 is 2.34. The van der Waals surface area contributed by atoms with Crippen LogP contribution in [0.2, 0.25) is 5.28 Å². The van der Waals surface area contributed by atoms with Gasteiger partial charge in [-0.25, -0.2) is 9.97 Å². The minimum absolute atomic E-state index is 0.297. The molecule has 200 valence electrons. The first-order valence-electron chi connectivity index (χ1n) is 13.1. The molecule has 2 aliphatic rings. The normalized spacial score (nSPS) is 19.8. The van der Waals surface area contributed by atoms with E-state index < -0.39 is 5.79 Å². The zero-order valence-electron chi connectivity index (χ0n) is 21.8. The Labute approximate surface area is 232 Å². The SMILES string of the molecule is CC(C)(O)O.Clc1ncc2c(-c3nc(Cc4ccccc4)cs3)cn(C3CCC(C4=CCCNC4)C3)c2n1. The first kappa shape index (κ1) is 27.0. The largest absolute Gasteiger partial charge is 0.366 e. The Morgan fingerprint density at radius 1 is 1.16 bits per heavy atom. The molecule has 1 aliphatic carbocycles. The number of halogens is 1. The molecule has 0 spiro atoms. The molecule has 0 saturated heterocycles. The first-order chi connectivity index (χ1) is 18.2. The Hall–Kier alpha value is -2.62. The van der Waals surface area contributed by atoms with Crippen molar-refractivity contribution in [2.24, 2.45) is 5.92 Å². The number of fused-ring (bicyclic) bond motifs is 1. The van der Waals surface area contributed by atoms with Gasteiger partial charge in [-0.1, -0.05) is 42.0 Å². The number of hydrogen-bond donors (Lipinski definition) is 3. The van der Waals surface area contributed by atoms with Gasteiger partial charge in [0.2, 0.25) is 5.28 Å². The summed E-state index contributed by atoms with van der Waals surface area (Å²) in [5, 5.41) is 24.2. The van der Waals surface area contributed by atoms with Crippen molar-refractivity contribution in [3.8, 4) is 10.6 Å². The van der Waals surface area contributed by atoms with Crippen LogP contribution in [0.15, 0.2) is 59.8 Å². The predicted octanol–water partition coefficient (Wildman–Crippen LogP) is 5.77. The van der Waals surface area contributed by atoms with Crippen molar-refractivity contribution in [1.82, 2.24) is 24.8 Å². The number of rotatable bonds is 5. The number of nitrogens with one attached hydrogen (secondary N) is 1. The van der Waals surface area contributed by atoms with Crippen LogP contribution in [-0.2, 0) is 6.42 Å². The lowest BCUT2D eigenvalue weighted by atomic mass is 9.94. The van der Waals surface area contributed by atoms with Gasteiger partial charge in [0.15, 0.2) is 5.79 Å². The van der Waals surface area contributed by atoms with Gasteiger partial charge in [0, 0.05) is 47.7 Å². The van der Waals surface area contributed by atoms with Crippen molar-refractivity contribution in [2.75, 3.05) is 13.1 Å². The van der Waals surface area contributed by atoms with Crippen LogP contribution in [0, 0.1) is 5.92 Å². The molecule has 6 rings (SSSR count). The van der Waals surface area contributed by atoms with Crippen LogP contribution in [0.25, 0.3) is 21.6 Å². The van der Waals surface area contributed by atoms with E-state index in [2.05, 4.69) is 61.8 Å². The number of nitrogens with zero attached hydrogens (tertiary/aromatic N) is 4. The summed E-state index contributed by atoms with van der Waals surface area (Å²) in [6.07, 6.45) is 12.1. The van der Waals surface area contributed by atoms with E-state index in [9.17, 15) is 0 Å². The third kappa shape index (κ3) is 6.68. The second-order valence-electron chi connectivity index (χ2n) is 10.5. The van der Waals surface area contributed by atoms with Gasteiger partial charge in [0.25, 0.3) is 0 Å². The Bertz CT molecular complexity index is 1400. The average molecular weight is 552 g/mol. The van der Waals surface area contributed by atoms with Gasteiger partial charge in [-0.05, 0) is 69.2 Å². The quantitative estimate of drug-likeness (QED) is 0.166. The molecule has 4 heterocycles. The highest BCUT2D eigenvalue weighted by Crippen LogP contribution is 2.42. The first-order valence-corrected chi connectivity index (χ1v) is 14.4. The van der Waals surface area contributed by atoms with Crippen LogP contribution in [-0.4, -0.2) is 48.6 Å². The van der Waals surface area contributed by atoms with E-state index in [4.69, 9.17) is 26.8 Å². The van der Waals surface area contributed by atoms with Gasteiger partial charge in [0.1, 0.15) is 10.7 Å². The highest BCUT2D eigenvalue weighted by molar-refractivity contribution is 7.13. The molecule has 7 nitrogen and oxygen atoms in total. The summed E-state index contributed by atoms with van der Waals surface area (Å²) in [6, 6.07) is 10.9. The highest BCUT2D eigenvalue weighted by atomic mass is 35.5. The van der Waals surface area contributed by atoms with Crippen LogP contribution >= 0.6 is 22.9 Å². The van der Waals surface area contributed by atoms with E-state index in [1.54, 1.807) is 16.9 Å². The van der Waals surface area contributed by atoms with Crippen LogP contribution in [0.1, 0.15) is 56.8 Å². The fraction of sp³-hybridized carbons (Fsp3) is 0.414. The zero-order valence-corrected chi connectivity index (χ0v) is 23.3. The molecule has 4 aromatic rings. The summed E-state index contributed by atoms with van der Waals surface area (Å²) in [5.74, 6) is -0.849. The second-order valence-corrected chi connectivity index (χ2v) is 11.7. The maximum absolute atomic E-state index is 8.08. The number of aliphatic hydroxyl groups is 2. The van der Waals surface area contributed by atoms with Crippen molar-refractivity contribution in [3.05, 3.63) is 76.3 Å². The van der Waals surface area contributed by atoms with Crippen LogP contribution in [0.5, 0.6) is 0 Å². The summed E-state index contributed by atoms with van der Waals surface area (Å²) in [7, 11) is 0. The van der Waals surface area contributed by atoms with Crippen LogP contribution in [0.3, 0.4) is 0 Å². The van der Waals surface area contributed by atoms with Gasteiger partial charge in [0.05, 0.1) is 5.69 Å². The summed E-state index contributed by atoms with van der Waals surface area (Å²) in [5.41, 5.74) is 5.97. The molecule has 38 heavy (non-hydrogen) atoms. The average Bonchev–Trinajstić information content (AvgIpc) is 3.63. The molecule has 2 unspecified atom stereocenters. The van der Waals surface area contributed by atoms with Crippen molar-refractivity contribution >= 4 is 34.0 Å². The van der Waals surface area contributed by atoms with Crippen molar-refractivity contribution < 1.29 is 10.2 Å². The molecule has 1 saturated carbocycles. The number of benzene rings is 1. The topological polar surface area (TPSA) is 96.1 Å². The minimum atomic E-state index is -1.50. The smallest absolute Gasteiger partial charge is 0.224 e. The number of thiazole rings is 1. The second kappa shape index (κ2) is 11.6. The minimum Gasteiger partial charge on any atom is -0.366 e. The molecule has 3 N–H and O–H groups in total. The third-order valence-corrected chi connectivity index (χ3v) is 8.04. The van der Waals surface area contributed by atoms with E-state index in [1.807, 2.05) is 12.3 Å². The molecule has 1 fully saturated rings. The molecule has 9 heteroatoms. The molecule has 0 radical (unpaired) electrons. The molecule has 3 aromatic heterocycles. The lowest BCUT2D eigenvalue weighted by Gasteiger charge is -2.20. The van der Waals surface area contributed by atoms with Crippen molar-refractivity contribution in [2.45, 2.75) is 57.8 Å². The summed E-state index contributed by atoms with van der Waals surface area (Å²) >= 11 is 7.92. The maximum atomic E-state index is 8.08. The fourth-order valence-electron chi connectivity index (χ4n) is 5.30. The fourth-order valence-corrected chi connectivity index (χ4v) is 6.27. The standard InChI is InChI=1S/C26H26ClN5S.C3H8O2/c27-26-29-14-22-23(25-30-20(16-33-25)11-17-5-2-1-3-6-17)15-32(24(22)31-26)21-9-8-18(12-21)19-7-4-10-28-13-19;1-3(2,4)5/h1-3,5-7,14-16,18,21,28H,4,8-13H2;4-5H,1-2H3. The maximum Gasteiger partial charge on any atom is 0.224 e. The summed E-state index contributed by atoms with van der Waals surface area (Å²) in [6.45, 7) is 4.73. The monoisotopic (exact) mass is 551 g/mol. The lowest BCUT2D eigenvalue weighted by molar-refractivity contribution is -0.127. The van der Waals surface area contributed by atoms with E-state index >= 15 is 0 Å². The Balaban J connectivity index is 0.000000540. The van der Waals surface area contributed by atoms with Crippen molar-refractivity contribution in [3.63, 3.8) is 0 Å². The molecule has 1 aliphatic heterocycles. The highest BCUT2D eigenvalue weighted by Gasteiger charge is 2.30. The Morgan fingerprint density at radius 3 is 2.68 bits per heavy atom. The lowest BCUT2D eigenvalue weighted by Crippen LogP contribution is -2.25. The third-order valence-electron chi connectivity index (χ3n) is 6.93.